The van der Waals surface area contributed by atoms with Gasteiger partial charge in [0.2, 0.25) is 0 Å². The summed E-state index contributed by atoms with van der Waals surface area (Å²) >= 11 is 0. The number of aliphatic hydroxyl groups excluding tert-OH is 1. The van der Waals surface area contributed by atoms with Crippen LogP contribution in [0.1, 0.15) is 63.9 Å². The van der Waals surface area contributed by atoms with Crippen LogP contribution in [0.4, 0.5) is 5.69 Å². The van der Waals surface area contributed by atoms with E-state index in [9.17, 15) is 18.3 Å². The summed E-state index contributed by atoms with van der Waals surface area (Å²) in [6, 6.07) is 11.7. The average molecular weight is 471 g/mol. The quantitative estimate of drug-likeness (QED) is 0.469. The van der Waals surface area contributed by atoms with Gasteiger partial charge in [0.05, 0.1) is 5.57 Å². The lowest BCUT2D eigenvalue weighted by Gasteiger charge is -2.27. The van der Waals surface area contributed by atoms with Gasteiger partial charge in [0.25, 0.3) is 10.0 Å². The molecule has 2 heterocycles. The lowest BCUT2D eigenvalue weighted by molar-refractivity contribution is -0.149. The second-order valence-electron chi connectivity index (χ2n) is 8.86. The molecule has 1 aliphatic heterocycles. The molecule has 7 nitrogen and oxygen atoms in total. The van der Waals surface area contributed by atoms with Gasteiger partial charge in [-0.1, -0.05) is 44.9 Å². The number of rotatable bonds is 10. The van der Waals surface area contributed by atoms with Crippen molar-refractivity contribution in [3.05, 3.63) is 65.6 Å². The van der Waals surface area contributed by atoms with Gasteiger partial charge in [0.15, 0.2) is 10.6 Å². The molecule has 1 aromatic carbocycles. The number of sulfonamides is 1. The maximum atomic E-state index is 13.0. The van der Waals surface area contributed by atoms with E-state index >= 15 is 0 Å². The number of pyridine rings is 1. The van der Waals surface area contributed by atoms with Gasteiger partial charge < -0.3 is 9.84 Å². The van der Waals surface area contributed by atoms with Crippen LogP contribution in [0.2, 0.25) is 0 Å². The Hall–Kier alpha value is -2.87. The molecular weight excluding hydrogens is 440 g/mol. The molecular formula is C25H30N2O5S. The molecule has 2 aliphatic rings. The zero-order chi connectivity index (χ0) is 23.6. The zero-order valence-corrected chi connectivity index (χ0v) is 19.8. The number of cyclic esters (lactones) is 1. The highest BCUT2D eigenvalue weighted by Crippen LogP contribution is 2.52. The van der Waals surface area contributed by atoms with Gasteiger partial charge in [-0.3, -0.25) is 4.72 Å². The fourth-order valence-corrected chi connectivity index (χ4v) is 5.78. The SMILES string of the molecule is CCCC1(CCC)OC(=O)C(C(c2cccc(NS(=O)(=O)c3ccccn3)c2)C2CC2)=C1O. The topological polar surface area (TPSA) is 106 Å². The summed E-state index contributed by atoms with van der Waals surface area (Å²) in [7, 11) is -3.85. The monoisotopic (exact) mass is 470 g/mol. The number of nitrogens with zero attached hydrogens (tertiary/aromatic N) is 1. The summed E-state index contributed by atoms with van der Waals surface area (Å²) in [5.41, 5.74) is 0.523. The van der Waals surface area contributed by atoms with Gasteiger partial charge >= 0.3 is 5.97 Å². The summed E-state index contributed by atoms with van der Waals surface area (Å²) in [6.07, 6.45) is 6.01. The number of aliphatic hydroxyl groups is 1. The van der Waals surface area contributed by atoms with E-state index < -0.39 is 21.6 Å². The van der Waals surface area contributed by atoms with Crippen LogP contribution in [0.15, 0.2) is 65.0 Å². The third-order valence-electron chi connectivity index (χ3n) is 6.32. The van der Waals surface area contributed by atoms with Gasteiger partial charge in [-0.2, -0.15) is 8.42 Å². The van der Waals surface area contributed by atoms with Crippen LogP contribution < -0.4 is 4.72 Å². The molecule has 8 heteroatoms. The van der Waals surface area contributed by atoms with Crippen LogP contribution in [-0.2, 0) is 19.6 Å². The second kappa shape index (κ2) is 9.17. The largest absolute Gasteiger partial charge is 0.507 e. The Morgan fingerprint density at radius 2 is 1.88 bits per heavy atom. The molecule has 1 unspecified atom stereocenters. The van der Waals surface area contributed by atoms with Gasteiger partial charge in [-0.15, -0.1) is 0 Å². The van der Waals surface area contributed by atoms with Crippen molar-refractivity contribution in [2.45, 2.75) is 68.9 Å². The van der Waals surface area contributed by atoms with Gasteiger partial charge in [0.1, 0.15) is 5.76 Å². The van der Waals surface area contributed by atoms with Crippen LogP contribution >= 0.6 is 0 Å². The molecule has 2 N–H and O–H groups in total. The number of nitrogens with one attached hydrogen (secondary N) is 1. The summed E-state index contributed by atoms with van der Waals surface area (Å²) in [5.74, 6) is -0.554. The third-order valence-corrected chi connectivity index (χ3v) is 7.61. The molecule has 33 heavy (non-hydrogen) atoms. The van der Waals surface area contributed by atoms with Crippen molar-refractivity contribution in [3.63, 3.8) is 0 Å². The van der Waals surface area contributed by atoms with E-state index in [-0.39, 0.29) is 22.6 Å². The minimum absolute atomic E-state index is 0.0487. The van der Waals surface area contributed by atoms with Gasteiger partial charge in [-0.05, 0) is 61.4 Å². The summed E-state index contributed by atoms with van der Waals surface area (Å²) < 4.78 is 33.8. The molecule has 0 spiro atoms. The molecule has 0 bridgehead atoms. The standard InChI is InChI=1S/C25H30N2O5S/c1-3-13-25(14-4-2)23(28)22(24(29)32-25)21(17-11-12-17)18-8-7-9-19(16-18)27-33(30,31)20-10-5-6-15-26-20/h5-10,15-17,21,27-28H,3-4,11-14H2,1-2H3. The summed E-state index contributed by atoms with van der Waals surface area (Å²) in [4.78, 5) is 17.0. The highest BCUT2D eigenvalue weighted by atomic mass is 32.2. The Labute approximate surface area is 194 Å². The van der Waals surface area contributed by atoms with Crippen molar-refractivity contribution in [2.75, 3.05) is 4.72 Å². The Kier molecular flexibility index (Phi) is 6.47. The molecule has 1 fully saturated rings. The molecule has 1 aromatic heterocycles. The van der Waals surface area contributed by atoms with Crippen LogP contribution in [-0.4, -0.2) is 30.1 Å². The predicted molar refractivity (Wildman–Crippen MR) is 125 cm³/mol. The molecule has 0 amide bonds. The Bertz CT molecular complexity index is 1150. The molecule has 176 valence electrons. The molecule has 1 atom stereocenters. The van der Waals surface area contributed by atoms with Crippen molar-refractivity contribution in [1.82, 2.24) is 4.98 Å². The molecule has 4 rings (SSSR count). The van der Waals surface area contributed by atoms with Crippen LogP contribution in [0, 0.1) is 5.92 Å². The summed E-state index contributed by atoms with van der Waals surface area (Å²) in [6.45, 7) is 4.01. The Morgan fingerprint density at radius 3 is 2.48 bits per heavy atom. The second-order valence-corrected chi connectivity index (χ2v) is 10.5. The van der Waals surface area contributed by atoms with E-state index in [1.165, 1.54) is 12.3 Å². The van der Waals surface area contributed by atoms with Crippen LogP contribution in [0.25, 0.3) is 0 Å². The number of aromatic nitrogens is 1. The number of carbonyl (C=O) groups excluding carboxylic acids is 1. The molecule has 0 radical (unpaired) electrons. The number of hydrogen-bond donors (Lipinski definition) is 2. The smallest absolute Gasteiger partial charge is 0.339 e. The summed E-state index contributed by atoms with van der Waals surface area (Å²) in [5, 5.41) is 11.2. The van der Waals surface area contributed by atoms with Gasteiger partial charge in [0, 0.05) is 17.8 Å². The molecule has 1 aliphatic carbocycles. The van der Waals surface area contributed by atoms with E-state index in [0.29, 0.717) is 24.1 Å². The Balaban J connectivity index is 1.70. The van der Waals surface area contributed by atoms with Crippen molar-refractivity contribution >= 4 is 21.7 Å². The van der Waals surface area contributed by atoms with E-state index in [1.807, 2.05) is 19.9 Å². The number of carbonyl (C=O) groups is 1. The third kappa shape index (κ3) is 4.62. The van der Waals surface area contributed by atoms with Crippen molar-refractivity contribution in [2.24, 2.45) is 5.92 Å². The van der Waals surface area contributed by atoms with Crippen molar-refractivity contribution in [3.8, 4) is 0 Å². The average Bonchev–Trinajstić information content (AvgIpc) is 3.59. The lowest BCUT2D eigenvalue weighted by Crippen LogP contribution is -2.31. The normalized spacial score (nSPS) is 18.8. The number of benzene rings is 1. The first kappa shape index (κ1) is 23.3. The minimum atomic E-state index is -3.85. The van der Waals surface area contributed by atoms with Crippen LogP contribution in [0.5, 0.6) is 0 Å². The van der Waals surface area contributed by atoms with Crippen molar-refractivity contribution in [1.29, 1.82) is 0 Å². The van der Waals surface area contributed by atoms with E-state index in [2.05, 4.69) is 9.71 Å². The Morgan fingerprint density at radius 1 is 1.15 bits per heavy atom. The maximum absolute atomic E-state index is 13.0. The maximum Gasteiger partial charge on any atom is 0.339 e. The first-order chi connectivity index (χ1) is 15.8. The fourth-order valence-electron chi connectivity index (χ4n) is 4.78. The van der Waals surface area contributed by atoms with Crippen molar-refractivity contribution < 1.29 is 23.1 Å². The molecule has 1 saturated carbocycles. The van der Waals surface area contributed by atoms with E-state index in [0.717, 1.165) is 31.2 Å². The number of esters is 1. The van der Waals surface area contributed by atoms with E-state index in [4.69, 9.17) is 4.74 Å². The molecule has 2 aromatic rings. The number of hydrogen-bond acceptors (Lipinski definition) is 6. The van der Waals surface area contributed by atoms with Gasteiger partial charge in [-0.25, -0.2) is 9.78 Å². The predicted octanol–water partition coefficient (Wildman–Crippen LogP) is 5.08. The number of ether oxygens (including phenoxy) is 1. The first-order valence-corrected chi connectivity index (χ1v) is 13.0. The highest BCUT2D eigenvalue weighted by Gasteiger charge is 2.51. The zero-order valence-electron chi connectivity index (χ0n) is 19.0. The molecule has 0 saturated heterocycles. The minimum Gasteiger partial charge on any atom is -0.507 e. The first-order valence-electron chi connectivity index (χ1n) is 11.5. The lowest BCUT2D eigenvalue weighted by atomic mass is 9.82. The van der Waals surface area contributed by atoms with Crippen LogP contribution in [0.3, 0.4) is 0 Å². The van der Waals surface area contributed by atoms with E-state index in [1.54, 1.807) is 30.3 Å². The number of anilines is 1. The highest BCUT2D eigenvalue weighted by molar-refractivity contribution is 7.92. The fraction of sp³-hybridized carbons (Fsp3) is 0.440.